The molecular weight excluding hydrogens is 276 g/mol. The summed E-state index contributed by atoms with van der Waals surface area (Å²) < 4.78 is 5.93. The van der Waals surface area contributed by atoms with Crippen molar-refractivity contribution in [3.05, 3.63) is 28.3 Å². The number of esters is 1. The second-order valence-electron chi connectivity index (χ2n) is 5.02. The molecule has 0 saturated heterocycles. The van der Waals surface area contributed by atoms with Crippen molar-refractivity contribution < 1.29 is 14.3 Å². The number of hydrogen-bond acceptors (Lipinski definition) is 5. The van der Waals surface area contributed by atoms with Gasteiger partial charge in [-0.1, -0.05) is 13.8 Å². The summed E-state index contributed by atoms with van der Waals surface area (Å²) in [7, 11) is 1.23. The van der Waals surface area contributed by atoms with Crippen LogP contribution in [-0.2, 0) is 9.53 Å². The minimum absolute atomic E-state index is 0.0956. The van der Waals surface area contributed by atoms with Crippen molar-refractivity contribution in [2.75, 3.05) is 12.5 Å². The number of pyridine rings is 1. The number of fused-ring (bicyclic) bond motifs is 1. The molecular formula is C13H16N4O4. The van der Waals surface area contributed by atoms with Gasteiger partial charge in [0.1, 0.15) is 11.3 Å². The lowest BCUT2D eigenvalue weighted by atomic mass is 10.1. The Balaban J connectivity index is 2.42. The van der Waals surface area contributed by atoms with E-state index in [4.69, 9.17) is 0 Å². The van der Waals surface area contributed by atoms with E-state index in [9.17, 15) is 14.4 Å². The van der Waals surface area contributed by atoms with E-state index >= 15 is 0 Å². The van der Waals surface area contributed by atoms with Gasteiger partial charge in [0, 0.05) is 18.8 Å². The van der Waals surface area contributed by atoms with Crippen molar-refractivity contribution in [1.29, 1.82) is 0 Å². The molecule has 0 aromatic heterocycles. The van der Waals surface area contributed by atoms with E-state index < -0.39 is 11.5 Å². The van der Waals surface area contributed by atoms with Gasteiger partial charge in [0.15, 0.2) is 0 Å². The fourth-order valence-corrected chi connectivity index (χ4v) is 1.92. The first-order valence-electron chi connectivity index (χ1n) is 6.41. The number of carbonyl (C=O) groups excluding carboxylic acids is 2. The Morgan fingerprint density at radius 3 is 2.76 bits per heavy atom. The van der Waals surface area contributed by atoms with Crippen LogP contribution in [0, 0.1) is 5.92 Å². The van der Waals surface area contributed by atoms with Crippen LogP contribution in [0.25, 0.3) is 11.3 Å². The molecule has 0 aromatic rings. The zero-order chi connectivity index (χ0) is 15.6. The average Bonchev–Trinajstić information content (AvgIpc) is 2.78. The predicted octanol–water partition coefficient (Wildman–Crippen LogP) is 0.579. The van der Waals surface area contributed by atoms with Gasteiger partial charge in [-0.2, -0.15) is 5.10 Å². The zero-order valence-electron chi connectivity index (χ0n) is 12.0. The van der Waals surface area contributed by atoms with Crippen molar-refractivity contribution in [3.8, 4) is 11.3 Å². The first-order chi connectivity index (χ1) is 9.92. The normalized spacial score (nSPS) is 10.9. The number of aromatic nitrogens is 3. The Labute approximate surface area is 120 Å². The molecule has 0 aliphatic carbocycles. The molecule has 2 N–H and O–H groups in total. The molecule has 0 spiro atoms. The van der Waals surface area contributed by atoms with Crippen LogP contribution in [0.3, 0.4) is 0 Å². The van der Waals surface area contributed by atoms with E-state index in [2.05, 4.69) is 20.4 Å². The summed E-state index contributed by atoms with van der Waals surface area (Å²) in [6.45, 7) is 3.83. The molecule has 21 heavy (non-hydrogen) atoms. The maximum absolute atomic E-state index is 11.8. The number of aromatic amines is 1. The fourth-order valence-electron chi connectivity index (χ4n) is 1.92. The number of nitrogens with zero attached hydrogens (tertiary/aromatic N) is 2. The molecule has 0 bridgehead atoms. The summed E-state index contributed by atoms with van der Waals surface area (Å²) in [5.74, 6) is -0.668. The highest BCUT2D eigenvalue weighted by Gasteiger charge is 2.22. The van der Waals surface area contributed by atoms with Gasteiger partial charge >= 0.3 is 5.97 Å². The summed E-state index contributed by atoms with van der Waals surface area (Å²) >= 11 is 0. The van der Waals surface area contributed by atoms with E-state index in [1.165, 1.54) is 24.2 Å². The lowest BCUT2D eigenvalue weighted by Gasteiger charge is -2.13. The number of hydrogen-bond donors (Lipinski definition) is 2. The summed E-state index contributed by atoms with van der Waals surface area (Å²) in [6, 6.07) is 0. The Morgan fingerprint density at radius 2 is 2.14 bits per heavy atom. The predicted molar refractivity (Wildman–Crippen MR) is 74.6 cm³/mol. The monoisotopic (exact) mass is 292 g/mol. The Bertz CT molecular complexity index is 701. The molecule has 2 aliphatic heterocycles. The zero-order valence-corrected chi connectivity index (χ0v) is 12.0. The van der Waals surface area contributed by atoms with Crippen LogP contribution in [0.5, 0.6) is 0 Å². The van der Waals surface area contributed by atoms with Crippen LogP contribution in [0.2, 0.25) is 0 Å². The van der Waals surface area contributed by atoms with Gasteiger partial charge in [0.05, 0.1) is 12.7 Å². The van der Waals surface area contributed by atoms with Crippen LogP contribution in [0.15, 0.2) is 17.2 Å². The maximum atomic E-state index is 11.8. The van der Waals surface area contributed by atoms with Gasteiger partial charge < -0.3 is 4.74 Å². The maximum Gasteiger partial charge on any atom is 0.341 e. The Kier molecular flexibility index (Phi) is 4.06. The largest absolute Gasteiger partial charge is 0.465 e. The standard InChI is InChI=1S/C13H16N4O4/c1-7(2)4-10(18)16-17-5-8-11(14-15-12(8)19)9(6-17)13(20)21-3/h5-7H,4H2,1-3H3,(H,15,19)(H,16,18). The summed E-state index contributed by atoms with van der Waals surface area (Å²) in [5, 5.41) is 6.06. The van der Waals surface area contributed by atoms with Crippen molar-refractivity contribution in [2.24, 2.45) is 5.92 Å². The third kappa shape index (κ3) is 3.10. The molecule has 0 radical (unpaired) electrons. The van der Waals surface area contributed by atoms with Crippen molar-refractivity contribution >= 4 is 11.9 Å². The molecule has 112 valence electrons. The quantitative estimate of drug-likeness (QED) is 0.802. The van der Waals surface area contributed by atoms with Gasteiger partial charge in [-0.25, -0.2) is 9.89 Å². The molecule has 0 aromatic carbocycles. The average molecular weight is 292 g/mol. The Hall–Kier alpha value is -2.64. The number of rotatable bonds is 4. The third-order valence-corrected chi connectivity index (χ3v) is 2.81. The third-order valence-electron chi connectivity index (χ3n) is 2.81. The van der Waals surface area contributed by atoms with Gasteiger partial charge in [0.2, 0.25) is 5.91 Å². The van der Waals surface area contributed by atoms with Crippen LogP contribution in [0.1, 0.15) is 30.6 Å². The molecule has 2 aliphatic rings. The second kappa shape index (κ2) is 5.78. The minimum Gasteiger partial charge on any atom is -0.465 e. The smallest absolute Gasteiger partial charge is 0.341 e. The van der Waals surface area contributed by atoms with Crippen molar-refractivity contribution in [3.63, 3.8) is 0 Å². The van der Waals surface area contributed by atoms with E-state index in [0.717, 1.165) is 0 Å². The number of amides is 1. The summed E-state index contributed by atoms with van der Waals surface area (Å²) in [5.41, 5.74) is 2.65. The van der Waals surface area contributed by atoms with Gasteiger partial charge in [0.25, 0.3) is 5.56 Å². The molecule has 8 nitrogen and oxygen atoms in total. The molecule has 0 fully saturated rings. The topological polar surface area (TPSA) is 106 Å². The van der Waals surface area contributed by atoms with Gasteiger partial charge in [-0.05, 0) is 5.92 Å². The molecule has 0 saturated carbocycles. The summed E-state index contributed by atoms with van der Waals surface area (Å²) in [6.07, 6.45) is 3.10. The van der Waals surface area contributed by atoms with Gasteiger partial charge in [-0.3, -0.25) is 19.7 Å². The lowest BCUT2D eigenvalue weighted by molar-refractivity contribution is -0.117. The Morgan fingerprint density at radius 1 is 1.43 bits per heavy atom. The van der Waals surface area contributed by atoms with E-state index in [-0.39, 0.29) is 28.6 Å². The molecule has 2 rings (SSSR count). The van der Waals surface area contributed by atoms with Crippen LogP contribution < -0.4 is 11.0 Å². The first-order valence-corrected chi connectivity index (χ1v) is 6.41. The van der Waals surface area contributed by atoms with Crippen LogP contribution in [0.4, 0.5) is 0 Å². The lowest BCUT2D eigenvalue weighted by Crippen LogP contribution is -2.25. The molecule has 0 unspecified atom stereocenters. The number of nitrogens with one attached hydrogen (secondary N) is 2. The number of H-pyrrole nitrogens is 1. The number of methoxy groups -OCH3 is 1. The molecule has 0 atom stereocenters. The highest BCUT2D eigenvalue weighted by atomic mass is 16.5. The van der Waals surface area contributed by atoms with Crippen LogP contribution >= 0.6 is 0 Å². The molecule has 1 amide bonds. The highest BCUT2D eigenvalue weighted by Crippen LogP contribution is 2.19. The number of ether oxygens (including phenoxy) is 1. The fraction of sp³-hybridized carbons (Fsp3) is 0.385. The minimum atomic E-state index is -0.640. The number of carbonyl (C=O) groups is 2. The van der Waals surface area contributed by atoms with E-state index in [1.807, 2.05) is 13.8 Å². The van der Waals surface area contributed by atoms with Crippen molar-refractivity contribution in [2.45, 2.75) is 20.3 Å². The SMILES string of the molecule is COC(=O)c1cn(NC(=O)CC(C)C)cc2c(=O)[nH]nc1-2. The molecule has 2 heterocycles. The highest BCUT2D eigenvalue weighted by molar-refractivity contribution is 5.96. The van der Waals surface area contributed by atoms with Crippen LogP contribution in [-0.4, -0.2) is 33.9 Å². The summed E-state index contributed by atoms with van der Waals surface area (Å²) in [4.78, 5) is 35.2. The van der Waals surface area contributed by atoms with Crippen molar-refractivity contribution in [1.82, 2.24) is 14.9 Å². The molecule has 8 heteroatoms. The first kappa shape index (κ1) is 14.8. The van der Waals surface area contributed by atoms with E-state index in [0.29, 0.717) is 6.42 Å². The van der Waals surface area contributed by atoms with Gasteiger partial charge in [-0.15, -0.1) is 0 Å². The van der Waals surface area contributed by atoms with E-state index in [1.54, 1.807) is 0 Å². The second-order valence-corrected chi connectivity index (χ2v) is 5.02.